The van der Waals surface area contributed by atoms with Crippen LogP contribution in [0, 0.1) is 34.0 Å². The summed E-state index contributed by atoms with van der Waals surface area (Å²) in [7, 11) is -10.3. The van der Waals surface area contributed by atoms with Crippen LogP contribution in [0.2, 0.25) is 118 Å². The Labute approximate surface area is 282 Å². The van der Waals surface area contributed by atoms with Gasteiger partial charge in [-0.05, 0) is 31.3 Å². The lowest BCUT2D eigenvalue weighted by Crippen LogP contribution is -2.87. The van der Waals surface area contributed by atoms with E-state index < -0.39 is 70.1 Å². The van der Waals surface area contributed by atoms with Gasteiger partial charge < -0.3 is 4.43 Å². The Hall–Kier alpha value is 0.415. The maximum absolute atomic E-state index is 11.6. The van der Waals surface area contributed by atoms with Crippen LogP contribution >= 0.6 is 0 Å². The van der Waals surface area contributed by atoms with Crippen LogP contribution in [-0.2, 0) is 4.43 Å². The molecule has 0 aromatic rings. The van der Waals surface area contributed by atoms with E-state index in [9.17, 15) is 10.5 Å². The molecule has 44 heavy (non-hydrogen) atoms. The van der Waals surface area contributed by atoms with E-state index >= 15 is 0 Å². The molecule has 0 heterocycles. The van der Waals surface area contributed by atoms with Gasteiger partial charge in [0.15, 0.2) is 6.87 Å². The van der Waals surface area contributed by atoms with Gasteiger partial charge in [0.1, 0.15) is 0 Å². The van der Waals surface area contributed by atoms with Crippen molar-refractivity contribution in [2.75, 3.05) is 0 Å². The Morgan fingerprint density at radius 1 is 0.659 bits per heavy atom. The quantitative estimate of drug-likeness (QED) is 0.198. The van der Waals surface area contributed by atoms with Crippen LogP contribution in [0.1, 0.15) is 51.4 Å². The fraction of sp³-hybridized carbons (Fsp3) is 0.879. The number of rotatable bonds is 11. The Morgan fingerprint density at radius 3 is 1.39 bits per heavy atom. The van der Waals surface area contributed by atoms with Crippen molar-refractivity contribution in [2.24, 2.45) is 11.3 Å². The molecule has 11 heteroatoms. The Balaban J connectivity index is 3.38. The minimum atomic E-state index is -2.35. The minimum Gasteiger partial charge on any atom is -0.415 e. The molecule has 0 aromatic carbocycles. The summed E-state index contributed by atoms with van der Waals surface area (Å²) in [6, 6.07) is 5.83. The zero-order valence-electron chi connectivity index (χ0n) is 32.6. The molecule has 2 saturated carbocycles. The highest BCUT2D eigenvalue weighted by Gasteiger charge is 2.72. The predicted octanol–water partition coefficient (Wildman–Crippen LogP) is 10.9. The van der Waals surface area contributed by atoms with E-state index in [1.54, 1.807) is 5.57 Å². The van der Waals surface area contributed by atoms with Crippen molar-refractivity contribution in [2.45, 2.75) is 175 Å². The molecule has 0 spiro atoms. The van der Waals surface area contributed by atoms with Gasteiger partial charge in [-0.1, -0.05) is 143 Å². The normalized spacial score (nSPS) is 25.5. The van der Waals surface area contributed by atoms with Crippen LogP contribution < -0.4 is 0 Å². The minimum absolute atomic E-state index is 0.129. The van der Waals surface area contributed by atoms with Crippen molar-refractivity contribution in [3.63, 3.8) is 0 Å². The molecule has 0 radical (unpaired) electrons. The lowest BCUT2D eigenvalue weighted by molar-refractivity contribution is -0.0504. The van der Waals surface area contributed by atoms with E-state index in [4.69, 9.17) is 4.43 Å². The zero-order valence-corrected chi connectivity index (χ0v) is 40.6. The molecule has 0 aliphatic heterocycles. The van der Waals surface area contributed by atoms with Gasteiger partial charge in [-0.15, -0.1) is 0 Å². The smallest absolute Gasteiger partial charge is 0.159 e. The third-order valence-corrected chi connectivity index (χ3v) is 151. The Kier molecular flexibility index (Phi) is 11.7. The van der Waals surface area contributed by atoms with Gasteiger partial charge in [0.2, 0.25) is 0 Å². The molecule has 0 saturated heterocycles. The van der Waals surface area contributed by atoms with Crippen LogP contribution in [0.4, 0.5) is 0 Å². The monoisotopic (exact) mass is 736 g/mol. The van der Waals surface area contributed by atoms with Gasteiger partial charge >= 0.3 is 0 Å². The number of hydrogen-bond donors (Lipinski definition) is 0. The first kappa shape index (κ1) is 40.6. The highest BCUT2D eigenvalue weighted by molar-refractivity contribution is 7.91. The average Bonchev–Trinajstić information content (AvgIpc) is 3.14. The van der Waals surface area contributed by atoms with Crippen LogP contribution in [0.25, 0.3) is 0 Å². The molecular weight excluding hydrogens is 665 g/mol. The summed E-state index contributed by atoms with van der Waals surface area (Å²) in [6.45, 7) is 43.7. The third-order valence-electron chi connectivity index (χ3n) is 12.2. The van der Waals surface area contributed by atoms with E-state index in [1.165, 1.54) is 6.42 Å². The molecule has 2 fully saturated rings. The summed E-state index contributed by atoms with van der Waals surface area (Å²) in [6.07, 6.45) is 7.92. The molecule has 2 aliphatic rings. The summed E-state index contributed by atoms with van der Waals surface area (Å²) in [5.41, 5.74) is 3.49. The highest BCUT2D eigenvalue weighted by Crippen LogP contribution is 2.63. The summed E-state index contributed by atoms with van der Waals surface area (Å²) in [4.78, 5) is 0. The second-order valence-electron chi connectivity index (χ2n) is 20.8. The Morgan fingerprint density at radius 2 is 1.07 bits per heavy atom. The molecule has 2 atom stereocenters. The molecule has 2 aliphatic carbocycles. The Bertz CT molecular complexity index is 1080. The standard InChI is InChI=1S/C33H72N2OSi8/c1-37(2,3)43(38(4,5)6,39(7,8)9)28-31-23-22-30(24-27-34)33(31,32(29-35)25-20-19-21-26-32)36-44(40(10,11)12,41(13,14)15)42(16,17)18/h28,30H,19-26H2,1-18H3/b31-28+/t30-,33-/m1/s1. The van der Waals surface area contributed by atoms with Gasteiger partial charge in [-0.25, -0.2) is 0 Å². The van der Waals surface area contributed by atoms with Crippen LogP contribution in [-0.4, -0.2) is 64.6 Å². The first-order chi connectivity index (χ1) is 19.5. The van der Waals surface area contributed by atoms with E-state index in [1.807, 2.05) is 0 Å². The zero-order chi connectivity index (χ0) is 34.6. The maximum Gasteiger partial charge on any atom is 0.159 e. The van der Waals surface area contributed by atoms with Crippen LogP contribution in [0.15, 0.2) is 11.3 Å². The van der Waals surface area contributed by atoms with Crippen molar-refractivity contribution >= 4 is 59.0 Å². The molecule has 0 aromatic heterocycles. The number of nitriles is 2. The third kappa shape index (κ3) is 6.31. The molecule has 0 unspecified atom stereocenters. The molecule has 0 amide bonds. The number of hydrogen-bond acceptors (Lipinski definition) is 3. The second kappa shape index (κ2) is 12.7. The summed E-state index contributed by atoms with van der Waals surface area (Å²) in [5, 5.41) is 22.1. The lowest BCUT2D eigenvalue weighted by Gasteiger charge is -2.64. The molecule has 2 rings (SSSR count). The van der Waals surface area contributed by atoms with E-state index in [-0.39, 0.29) is 5.92 Å². The fourth-order valence-electron chi connectivity index (χ4n) is 12.5. The summed E-state index contributed by atoms with van der Waals surface area (Å²) < 4.78 is 8.73. The van der Waals surface area contributed by atoms with Gasteiger partial charge in [-0.2, -0.15) is 10.5 Å². The van der Waals surface area contributed by atoms with Gasteiger partial charge in [0.25, 0.3) is 0 Å². The SMILES string of the molecule is C[Si](C)(C)[Si](/C=C1\CC[C@H](CC#N)[C@]1(O[Si]([Si](C)(C)C)([Si](C)(C)C)[Si](C)(C)C)C1(C#N)CCCCC1)([Si](C)(C)C)[Si](C)(C)C. The molecular formula is C33H72N2OSi8. The molecule has 0 bridgehead atoms. The van der Waals surface area contributed by atoms with Crippen molar-refractivity contribution in [3.05, 3.63) is 11.3 Å². The van der Waals surface area contributed by atoms with Crippen molar-refractivity contribution in [1.82, 2.24) is 0 Å². The average molecular weight is 738 g/mol. The van der Waals surface area contributed by atoms with Gasteiger partial charge in [-0.3, -0.25) is 0 Å². The predicted molar refractivity (Wildman–Crippen MR) is 218 cm³/mol. The van der Waals surface area contributed by atoms with E-state index in [0.29, 0.717) is 6.42 Å². The maximum atomic E-state index is 11.6. The van der Waals surface area contributed by atoms with Crippen LogP contribution in [0.5, 0.6) is 0 Å². The number of nitrogens with zero attached hydrogens (tertiary/aromatic N) is 2. The summed E-state index contributed by atoms with van der Waals surface area (Å²) >= 11 is 0. The first-order valence-corrected chi connectivity index (χ1v) is 48.7. The van der Waals surface area contributed by atoms with Gasteiger partial charge in [0, 0.05) is 35.1 Å². The van der Waals surface area contributed by atoms with Crippen molar-refractivity contribution < 1.29 is 4.43 Å². The fourth-order valence-corrected chi connectivity index (χ4v) is 202. The first-order valence-electron chi connectivity index (χ1n) is 17.7. The second-order valence-corrected chi connectivity index (χ2v) is 101. The van der Waals surface area contributed by atoms with Crippen molar-refractivity contribution in [3.8, 4) is 12.1 Å². The topological polar surface area (TPSA) is 56.8 Å². The van der Waals surface area contributed by atoms with Crippen LogP contribution in [0.3, 0.4) is 0 Å². The molecule has 3 nitrogen and oxygen atoms in total. The largest absolute Gasteiger partial charge is 0.415 e. The van der Waals surface area contributed by atoms with Gasteiger partial charge in [0.05, 0.1) is 52.6 Å². The molecule has 0 N–H and O–H groups in total. The van der Waals surface area contributed by atoms with Crippen molar-refractivity contribution in [1.29, 1.82) is 10.5 Å². The van der Waals surface area contributed by atoms with E-state index in [2.05, 4.69) is 136 Å². The lowest BCUT2D eigenvalue weighted by atomic mass is 9.59. The highest BCUT2D eigenvalue weighted by atomic mass is 29.9. The molecule has 252 valence electrons. The van der Waals surface area contributed by atoms with E-state index in [0.717, 1.165) is 38.5 Å². The summed E-state index contributed by atoms with van der Waals surface area (Å²) in [5.74, 6) is 0.129.